The van der Waals surface area contributed by atoms with Crippen molar-refractivity contribution < 1.29 is 9.53 Å². The molecule has 5 nitrogen and oxygen atoms in total. The fraction of sp³-hybridized carbons (Fsp3) is 0.529. The highest BCUT2D eigenvalue weighted by Gasteiger charge is 2.31. The molecule has 0 aromatic heterocycles. The Balaban J connectivity index is 1.52. The lowest BCUT2D eigenvalue weighted by molar-refractivity contribution is 0.0478. The first-order valence-corrected chi connectivity index (χ1v) is 8.71. The van der Waals surface area contributed by atoms with Crippen molar-refractivity contribution in [3.8, 4) is 0 Å². The van der Waals surface area contributed by atoms with E-state index >= 15 is 0 Å². The Morgan fingerprint density at radius 3 is 2.57 bits per heavy atom. The van der Waals surface area contributed by atoms with Gasteiger partial charge in [0.2, 0.25) is 0 Å². The molecule has 23 heavy (non-hydrogen) atoms. The standard InChI is InChI=1S/C17H23N3O2S/c21-17(22-13-14-7-2-1-3-8-14)20-12-6-11-19(20)16(23)18-15-9-4-5-10-15/h1-3,7-8,15H,4-6,9-13H2,(H,18,23). The number of carbonyl (C=O) groups is 1. The zero-order valence-corrected chi connectivity index (χ0v) is 14.1. The molecular weight excluding hydrogens is 310 g/mol. The Bertz CT molecular complexity index is 546. The first kappa shape index (κ1) is 16.1. The quantitative estimate of drug-likeness (QED) is 0.861. The van der Waals surface area contributed by atoms with Gasteiger partial charge in [0.15, 0.2) is 5.11 Å². The summed E-state index contributed by atoms with van der Waals surface area (Å²) in [4.78, 5) is 12.3. The molecule has 0 spiro atoms. The van der Waals surface area contributed by atoms with Gasteiger partial charge in [0, 0.05) is 19.1 Å². The molecule has 0 radical (unpaired) electrons. The predicted octanol–water partition coefficient (Wildman–Crippen LogP) is 3.06. The summed E-state index contributed by atoms with van der Waals surface area (Å²) in [7, 11) is 0. The summed E-state index contributed by atoms with van der Waals surface area (Å²) in [5, 5.41) is 7.50. The van der Waals surface area contributed by atoms with Gasteiger partial charge in [0.1, 0.15) is 6.61 Å². The molecule has 1 aliphatic heterocycles. The van der Waals surface area contributed by atoms with E-state index in [9.17, 15) is 4.79 Å². The molecule has 1 aromatic carbocycles. The number of carbonyl (C=O) groups excluding carboxylic acids is 1. The molecule has 6 heteroatoms. The Morgan fingerprint density at radius 1 is 1.13 bits per heavy atom. The molecule has 0 unspecified atom stereocenters. The fourth-order valence-electron chi connectivity index (χ4n) is 3.13. The van der Waals surface area contributed by atoms with Crippen LogP contribution in [0.1, 0.15) is 37.7 Å². The van der Waals surface area contributed by atoms with E-state index in [0.29, 0.717) is 17.7 Å². The normalized spacial score (nSPS) is 18.3. The zero-order chi connectivity index (χ0) is 16.1. The van der Waals surface area contributed by atoms with Gasteiger partial charge in [0.05, 0.1) is 0 Å². The lowest BCUT2D eigenvalue weighted by Crippen LogP contribution is -2.51. The number of nitrogens with zero attached hydrogens (tertiary/aromatic N) is 2. The number of benzene rings is 1. The summed E-state index contributed by atoms with van der Waals surface area (Å²) in [6, 6.07) is 10.2. The van der Waals surface area contributed by atoms with E-state index in [-0.39, 0.29) is 12.7 Å². The summed E-state index contributed by atoms with van der Waals surface area (Å²) < 4.78 is 5.42. The van der Waals surface area contributed by atoms with Crippen LogP contribution in [0.4, 0.5) is 4.79 Å². The van der Waals surface area contributed by atoms with Gasteiger partial charge in [-0.25, -0.2) is 9.80 Å². The zero-order valence-electron chi connectivity index (χ0n) is 13.2. The lowest BCUT2D eigenvalue weighted by atomic mass is 10.2. The highest BCUT2D eigenvalue weighted by molar-refractivity contribution is 7.80. The number of amides is 1. The average molecular weight is 333 g/mol. The summed E-state index contributed by atoms with van der Waals surface area (Å²) in [6.07, 6.45) is 5.40. The van der Waals surface area contributed by atoms with Crippen LogP contribution in [0.3, 0.4) is 0 Å². The van der Waals surface area contributed by atoms with Crippen LogP contribution in [0.5, 0.6) is 0 Å². The molecule has 0 atom stereocenters. The number of hydrogen-bond donors (Lipinski definition) is 1. The van der Waals surface area contributed by atoms with Crippen molar-refractivity contribution in [3.05, 3.63) is 35.9 Å². The topological polar surface area (TPSA) is 44.8 Å². The first-order valence-electron chi connectivity index (χ1n) is 8.30. The van der Waals surface area contributed by atoms with Crippen LogP contribution in [0, 0.1) is 0 Å². The van der Waals surface area contributed by atoms with Gasteiger partial charge in [-0.2, -0.15) is 0 Å². The van der Waals surface area contributed by atoms with E-state index in [2.05, 4.69) is 5.32 Å². The molecule has 124 valence electrons. The first-order chi connectivity index (χ1) is 11.2. The SMILES string of the molecule is O=C(OCc1ccccc1)N1CCCN1C(=S)NC1CCCC1. The van der Waals surface area contributed by atoms with Crippen LogP contribution in [0.2, 0.25) is 0 Å². The van der Waals surface area contributed by atoms with E-state index in [1.165, 1.54) is 12.8 Å². The highest BCUT2D eigenvalue weighted by Crippen LogP contribution is 2.19. The lowest BCUT2D eigenvalue weighted by Gasteiger charge is -2.30. The van der Waals surface area contributed by atoms with E-state index in [1.54, 1.807) is 5.01 Å². The van der Waals surface area contributed by atoms with Crippen LogP contribution < -0.4 is 5.32 Å². The number of thiocarbonyl (C=S) groups is 1. The minimum absolute atomic E-state index is 0.285. The fourth-order valence-corrected chi connectivity index (χ4v) is 3.48. The maximum absolute atomic E-state index is 12.3. The molecular formula is C17H23N3O2S. The van der Waals surface area contributed by atoms with Gasteiger partial charge in [0.25, 0.3) is 0 Å². The average Bonchev–Trinajstić information content (AvgIpc) is 3.24. The van der Waals surface area contributed by atoms with Crippen LogP contribution >= 0.6 is 12.2 Å². The minimum atomic E-state index is -0.332. The predicted molar refractivity (Wildman–Crippen MR) is 92.6 cm³/mol. The van der Waals surface area contributed by atoms with Crippen molar-refractivity contribution in [2.24, 2.45) is 0 Å². The Hall–Kier alpha value is -1.82. The third-order valence-electron chi connectivity index (χ3n) is 4.36. The van der Waals surface area contributed by atoms with Crippen LogP contribution in [0.25, 0.3) is 0 Å². The van der Waals surface area contributed by atoms with Crippen LogP contribution in [-0.4, -0.2) is 40.4 Å². The van der Waals surface area contributed by atoms with E-state index < -0.39 is 0 Å². The van der Waals surface area contributed by atoms with Crippen molar-refractivity contribution in [1.29, 1.82) is 0 Å². The minimum Gasteiger partial charge on any atom is -0.443 e. The van der Waals surface area contributed by atoms with Gasteiger partial charge >= 0.3 is 6.09 Å². The molecule has 1 aromatic rings. The molecule has 2 aliphatic rings. The third-order valence-corrected chi connectivity index (χ3v) is 4.69. The molecule has 1 N–H and O–H groups in total. The van der Waals surface area contributed by atoms with E-state index in [4.69, 9.17) is 17.0 Å². The van der Waals surface area contributed by atoms with Gasteiger partial charge in [-0.15, -0.1) is 0 Å². The molecule has 0 bridgehead atoms. The molecule has 1 amide bonds. The van der Waals surface area contributed by atoms with E-state index in [0.717, 1.165) is 31.4 Å². The summed E-state index contributed by atoms with van der Waals surface area (Å²) in [6.45, 7) is 1.70. The molecule has 1 aliphatic carbocycles. The maximum atomic E-state index is 12.3. The van der Waals surface area contributed by atoms with Crippen molar-refractivity contribution in [3.63, 3.8) is 0 Å². The van der Waals surface area contributed by atoms with Crippen molar-refractivity contribution in [1.82, 2.24) is 15.3 Å². The third kappa shape index (κ3) is 4.13. The Morgan fingerprint density at radius 2 is 1.83 bits per heavy atom. The Labute approximate surface area is 142 Å². The monoisotopic (exact) mass is 333 g/mol. The summed E-state index contributed by atoms with van der Waals surface area (Å²) in [5.74, 6) is 0. The molecule has 1 saturated heterocycles. The molecule has 1 heterocycles. The van der Waals surface area contributed by atoms with Gasteiger partial charge < -0.3 is 10.1 Å². The van der Waals surface area contributed by atoms with Crippen molar-refractivity contribution in [2.75, 3.05) is 13.1 Å². The number of nitrogens with one attached hydrogen (secondary N) is 1. The van der Waals surface area contributed by atoms with Crippen LogP contribution in [0.15, 0.2) is 30.3 Å². The molecule has 1 saturated carbocycles. The maximum Gasteiger partial charge on any atom is 0.429 e. The number of hydrogen-bond acceptors (Lipinski definition) is 3. The second-order valence-corrected chi connectivity index (χ2v) is 6.46. The smallest absolute Gasteiger partial charge is 0.429 e. The summed E-state index contributed by atoms with van der Waals surface area (Å²) >= 11 is 5.49. The highest BCUT2D eigenvalue weighted by atomic mass is 32.1. The van der Waals surface area contributed by atoms with Crippen molar-refractivity contribution in [2.45, 2.75) is 44.8 Å². The number of hydrazine groups is 1. The second kappa shape index (κ2) is 7.64. The van der Waals surface area contributed by atoms with Crippen molar-refractivity contribution >= 4 is 23.4 Å². The number of rotatable bonds is 3. The Kier molecular flexibility index (Phi) is 5.33. The molecule has 3 rings (SSSR count). The van der Waals surface area contributed by atoms with Gasteiger partial charge in [-0.3, -0.25) is 5.01 Å². The number of ether oxygens (including phenoxy) is 1. The molecule has 2 fully saturated rings. The van der Waals surface area contributed by atoms with Gasteiger partial charge in [-0.1, -0.05) is 43.2 Å². The van der Waals surface area contributed by atoms with Crippen LogP contribution in [-0.2, 0) is 11.3 Å². The largest absolute Gasteiger partial charge is 0.443 e. The summed E-state index contributed by atoms with van der Waals surface area (Å²) in [5.41, 5.74) is 0.984. The second-order valence-electron chi connectivity index (χ2n) is 6.07. The van der Waals surface area contributed by atoms with Gasteiger partial charge in [-0.05, 0) is 37.0 Å². The van der Waals surface area contributed by atoms with E-state index in [1.807, 2.05) is 35.3 Å².